The summed E-state index contributed by atoms with van der Waals surface area (Å²) in [5, 5.41) is 34.7. The van der Waals surface area contributed by atoms with Crippen molar-refractivity contribution in [2.24, 2.45) is 50.3 Å². The fourth-order valence-electron chi connectivity index (χ4n) is 0.190. The smallest absolute Gasteiger partial charge is 0.108 e. The first-order valence-corrected chi connectivity index (χ1v) is 5.27. The van der Waals surface area contributed by atoms with E-state index >= 15 is 0 Å². The number of nitrogens with zero attached hydrogens (tertiary/aromatic N) is 10. The fourth-order valence-corrected chi connectivity index (χ4v) is 0.549. The Kier molecular flexibility index (Phi) is 10.3. The molecule has 0 aromatic rings. The second-order valence-corrected chi connectivity index (χ2v) is 2.93. The van der Waals surface area contributed by atoms with Crippen LogP contribution in [0.4, 0.5) is 0 Å². The second kappa shape index (κ2) is 11.5. The van der Waals surface area contributed by atoms with Gasteiger partial charge in [-0.05, 0) is 47.0 Å². The van der Waals surface area contributed by atoms with Crippen LogP contribution in [0.1, 0.15) is 0 Å². The minimum atomic E-state index is -0.709. The van der Waals surface area contributed by atoms with Crippen LogP contribution in [0.15, 0.2) is 50.3 Å². The molecule has 12 nitrogen and oxygen atoms in total. The number of hydrogen-bond acceptors (Lipinski definition) is 3. The molecule has 0 aromatic carbocycles. The molecule has 0 aliphatic rings. The van der Waals surface area contributed by atoms with E-state index in [-0.39, 0.29) is 4.61 Å². The van der Waals surface area contributed by atoms with E-state index in [9.17, 15) is 0 Å². The lowest BCUT2D eigenvalue weighted by Gasteiger charge is -1.70. The van der Waals surface area contributed by atoms with Crippen molar-refractivity contribution in [1.29, 1.82) is 5.53 Å². The van der Waals surface area contributed by atoms with E-state index in [2.05, 4.69) is 50.3 Å². The van der Waals surface area contributed by atoms with Gasteiger partial charge in [0.15, 0.2) is 0 Å². The standard InChI is InChI=1S/CH4IN11O/c3-5-7-9-11-13-12-10-8-6-4-2-1-14/h3,14H,1H2/b5-3?,8-6+,9-7+,12-10+,13-11+. The van der Waals surface area contributed by atoms with Crippen molar-refractivity contribution in [2.45, 2.75) is 0 Å². The summed E-state index contributed by atoms with van der Waals surface area (Å²) >= 11 is -0.709. The molecule has 0 heterocycles. The lowest BCUT2D eigenvalue weighted by atomic mass is 11.8. The van der Waals surface area contributed by atoms with Gasteiger partial charge in [-0.25, -0.2) is 0 Å². The molecule has 0 spiro atoms. The Hall–Kier alpha value is -1.51. The van der Waals surface area contributed by atoms with Gasteiger partial charge in [0, 0.05) is 0 Å². The number of alkyl halides is 1. The van der Waals surface area contributed by atoms with Crippen molar-refractivity contribution < 1.29 is 5.11 Å². The Morgan fingerprint density at radius 3 is 1.86 bits per heavy atom. The predicted octanol–water partition coefficient (Wildman–Crippen LogP) is 2.51. The molecule has 0 aliphatic carbocycles. The number of rotatable bonds is 6. The van der Waals surface area contributed by atoms with Crippen LogP contribution in [0, 0.1) is 5.53 Å². The van der Waals surface area contributed by atoms with E-state index in [1.165, 1.54) is 0 Å². The van der Waals surface area contributed by atoms with Crippen LogP contribution < -0.4 is 0 Å². The van der Waals surface area contributed by atoms with E-state index in [1.54, 1.807) is 0 Å². The molecular weight excluding hydrogens is 309 g/mol. The molecular formula is CH4IN11O. The van der Waals surface area contributed by atoms with Crippen LogP contribution >= 0.6 is 21.0 Å². The first-order chi connectivity index (χ1) is 6.91. The summed E-state index contributed by atoms with van der Waals surface area (Å²) in [7, 11) is 0. The highest BCUT2D eigenvalue weighted by Gasteiger charge is 1.68. The van der Waals surface area contributed by atoms with Gasteiger partial charge >= 0.3 is 0 Å². The topological polar surface area (TPSA) is 168 Å². The van der Waals surface area contributed by atoms with Crippen LogP contribution in [0.25, 0.3) is 0 Å². The first kappa shape index (κ1) is 12.5. The van der Waals surface area contributed by atoms with Crippen molar-refractivity contribution in [3.8, 4) is 0 Å². The molecule has 0 amide bonds. The Labute approximate surface area is 86.9 Å². The monoisotopic (exact) mass is 313 g/mol. The Balaban J connectivity index is 3.67. The molecule has 2 N–H and O–H groups in total. The Morgan fingerprint density at radius 1 is 0.857 bits per heavy atom. The zero-order chi connectivity index (χ0) is 10.5. The summed E-state index contributed by atoms with van der Waals surface area (Å²) in [4.78, 5) is 0. The molecule has 0 atom stereocenters. The third kappa shape index (κ3) is 10.5. The zero-order valence-corrected chi connectivity index (χ0v) is 8.66. The summed E-state index contributed by atoms with van der Waals surface area (Å²) in [6.07, 6.45) is 0. The highest BCUT2D eigenvalue weighted by atomic mass is 127. The quantitative estimate of drug-likeness (QED) is 0.327. The molecule has 0 rings (SSSR count). The molecule has 0 saturated heterocycles. The zero-order valence-electron chi connectivity index (χ0n) is 6.50. The molecule has 0 radical (unpaired) electrons. The molecule has 0 aromatic heterocycles. The third-order valence-corrected chi connectivity index (χ3v) is 1.27. The molecule has 0 aliphatic heterocycles. The molecule has 0 bridgehead atoms. The summed E-state index contributed by atoms with van der Waals surface area (Å²) in [6, 6.07) is 0. The van der Waals surface area contributed by atoms with Crippen molar-refractivity contribution >= 4 is 21.0 Å². The average Bonchev–Trinajstić information content (AvgIpc) is 2.21. The number of aliphatic hydroxyl groups excluding tert-OH is 1. The molecule has 13 heteroatoms. The van der Waals surface area contributed by atoms with E-state index in [0.717, 1.165) is 0 Å². The highest BCUT2D eigenvalue weighted by Crippen LogP contribution is 1.97. The number of nitrogens with one attached hydrogen (secondary N) is 1. The SMILES string of the molecule is N=N/N=N/N=N/N=N/N=N/N=ICO. The number of aliphatic hydroxyl groups is 1. The van der Waals surface area contributed by atoms with Crippen LogP contribution in [-0.4, -0.2) is 9.72 Å². The molecule has 76 valence electrons. The van der Waals surface area contributed by atoms with E-state index in [1.807, 2.05) is 0 Å². The summed E-state index contributed by atoms with van der Waals surface area (Å²) < 4.78 is 3.44. The van der Waals surface area contributed by atoms with Gasteiger partial charge in [0.25, 0.3) is 0 Å². The maximum Gasteiger partial charge on any atom is 0.108 e. The van der Waals surface area contributed by atoms with Gasteiger partial charge in [-0.1, -0.05) is 0 Å². The van der Waals surface area contributed by atoms with Crippen LogP contribution in [0.5, 0.6) is 0 Å². The predicted molar refractivity (Wildman–Crippen MR) is 48.1 cm³/mol. The van der Waals surface area contributed by atoms with E-state index in [4.69, 9.17) is 10.6 Å². The van der Waals surface area contributed by atoms with E-state index < -0.39 is 21.0 Å². The lowest BCUT2D eigenvalue weighted by Crippen LogP contribution is -1.54. The van der Waals surface area contributed by atoms with Crippen molar-refractivity contribution in [2.75, 3.05) is 4.61 Å². The fraction of sp³-hybridized carbons (Fsp3) is 1.00. The maximum absolute atomic E-state index is 8.31. The van der Waals surface area contributed by atoms with Gasteiger partial charge in [0.2, 0.25) is 0 Å². The van der Waals surface area contributed by atoms with Gasteiger partial charge in [-0.3, -0.25) is 0 Å². The van der Waals surface area contributed by atoms with Crippen LogP contribution in [-0.2, 0) is 0 Å². The Morgan fingerprint density at radius 2 is 1.36 bits per heavy atom. The molecule has 14 heavy (non-hydrogen) atoms. The lowest BCUT2D eigenvalue weighted by molar-refractivity contribution is 0.387. The van der Waals surface area contributed by atoms with Crippen molar-refractivity contribution in [1.82, 2.24) is 0 Å². The number of hydrogen-bond donors (Lipinski definition) is 2. The van der Waals surface area contributed by atoms with Gasteiger partial charge < -0.3 is 5.11 Å². The minimum absolute atomic E-state index is 0.00818. The maximum atomic E-state index is 8.31. The average molecular weight is 313 g/mol. The van der Waals surface area contributed by atoms with E-state index in [0.29, 0.717) is 0 Å². The van der Waals surface area contributed by atoms with Crippen LogP contribution in [0.3, 0.4) is 0 Å². The van der Waals surface area contributed by atoms with Crippen molar-refractivity contribution in [3.05, 3.63) is 0 Å². The van der Waals surface area contributed by atoms with Gasteiger partial charge in [0.05, 0.1) is 21.0 Å². The normalized spacial score (nSPS) is 13.8. The van der Waals surface area contributed by atoms with Crippen LogP contribution in [0.2, 0.25) is 0 Å². The minimum Gasteiger partial charge on any atom is -0.385 e. The Bertz CT molecular complexity index is 275. The van der Waals surface area contributed by atoms with Crippen molar-refractivity contribution in [3.63, 3.8) is 0 Å². The third-order valence-electron chi connectivity index (χ3n) is 0.465. The molecule has 0 fully saturated rings. The summed E-state index contributed by atoms with van der Waals surface area (Å²) in [5.74, 6) is 0. The van der Waals surface area contributed by atoms with Gasteiger partial charge in [-0.15, -0.1) is 3.25 Å². The highest BCUT2D eigenvalue weighted by molar-refractivity contribution is 14.2. The van der Waals surface area contributed by atoms with Gasteiger partial charge in [0.1, 0.15) is 4.61 Å². The van der Waals surface area contributed by atoms with Gasteiger partial charge in [-0.2, -0.15) is 5.53 Å². The second-order valence-electron chi connectivity index (χ2n) is 1.13. The number of halogens is 1. The summed E-state index contributed by atoms with van der Waals surface area (Å²) in [5.41, 5.74) is 6.16. The summed E-state index contributed by atoms with van der Waals surface area (Å²) in [6.45, 7) is 0. The largest absolute Gasteiger partial charge is 0.385 e. The first-order valence-electron chi connectivity index (χ1n) is 2.78. The molecule has 0 unspecified atom stereocenters. The molecule has 0 saturated carbocycles.